The summed E-state index contributed by atoms with van der Waals surface area (Å²) in [6, 6.07) is 38.0. The molecular formula is C38H42F2O6. The average molecular weight is 633 g/mol. The molecular weight excluding hydrogens is 590 g/mol. The molecule has 0 aromatic heterocycles. The van der Waals surface area contributed by atoms with E-state index in [2.05, 4.69) is 0 Å². The summed E-state index contributed by atoms with van der Waals surface area (Å²) in [6.07, 6.45) is -6.02. The van der Waals surface area contributed by atoms with E-state index in [1.165, 1.54) is 0 Å². The van der Waals surface area contributed by atoms with E-state index in [4.69, 9.17) is 23.7 Å². The first-order valence-electron chi connectivity index (χ1n) is 15.6. The second kappa shape index (κ2) is 15.9. The summed E-state index contributed by atoms with van der Waals surface area (Å²) in [7, 11) is 0. The average Bonchev–Trinajstić information content (AvgIpc) is 3.07. The van der Waals surface area contributed by atoms with Gasteiger partial charge in [0.15, 0.2) is 6.10 Å². The van der Waals surface area contributed by atoms with Gasteiger partial charge in [0.05, 0.1) is 33.0 Å². The van der Waals surface area contributed by atoms with Gasteiger partial charge in [-0.1, -0.05) is 121 Å². The molecule has 0 amide bonds. The van der Waals surface area contributed by atoms with Crippen molar-refractivity contribution in [2.45, 2.75) is 82.3 Å². The Balaban J connectivity index is 1.50. The van der Waals surface area contributed by atoms with Crippen molar-refractivity contribution in [2.75, 3.05) is 6.61 Å². The molecule has 0 radical (unpaired) electrons. The van der Waals surface area contributed by atoms with Gasteiger partial charge in [0.2, 0.25) is 0 Å². The third-order valence-corrected chi connectivity index (χ3v) is 8.06. The minimum atomic E-state index is -3.73. The summed E-state index contributed by atoms with van der Waals surface area (Å²) >= 11 is 0. The van der Waals surface area contributed by atoms with E-state index in [1.54, 1.807) is 0 Å². The van der Waals surface area contributed by atoms with Crippen molar-refractivity contribution in [3.05, 3.63) is 144 Å². The van der Waals surface area contributed by atoms with Gasteiger partial charge >= 0.3 is 5.92 Å². The maximum absolute atomic E-state index is 16.3. The van der Waals surface area contributed by atoms with Crippen LogP contribution in [0.1, 0.15) is 36.1 Å². The summed E-state index contributed by atoms with van der Waals surface area (Å²) in [5.74, 6) is -3.73. The molecule has 4 aromatic carbocycles. The number of hydrogen-bond donors (Lipinski definition) is 1. The Kier molecular flexibility index (Phi) is 11.7. The van der Waals surface area contributed by atoms with Crippen LogP contribution in [0.25, 0.3) is 0 Å². The third kappa shape index (κ3) is 8.85. The minimum Gasteiger partial charge on any atom is -0.384 e. The van der Waals surface area contributed by atoms with Crippen molar-refractivity contribution in [3.8, 4) is 0 Å². The molecule has 1 aliphatic heterocycles. The van der Waals surface area contributed by atoms with Crippen LogP contribution in [0, 0.1) is 0 Å². The number of hydrogen-bond acceptors (Lipinski definition) is 6. The molecule has 0 aliphatic carbocycles. The molecule has 1 N–H and O–H groups in total. The molecule has 8 heteroatoms. The summed E-state index contributed by atoms with van der Waals surface area (Å²) < 4.78 is 64.1. The summed E-state index contributed by atoms with van der Waals surface area (Å²) in [6.45, 7) is 2.69. The number of ether oxygens (including phenoxy) is 5. The van der Waals surface area contributed by atoms with Gasteiger partial charge in [-0.05, 0) is 36.1 Å². The van der Waals surface area contributed by atoms with Crippen molar-refractivity contribution in [1.29, 1.82) is 0 Å². The summed E-state index contributed by atoms with van der Waals surface area (Å²) in [4.78, 5) is 0. The molecule has 5 rings (SSSR count). The highest BCUT2D eigenvalue weighted by Gasteiger charge is 2.62. The predicted octanol–water partition coefficient (Wildman–Crippen LogP) is 7.13. The lowest BCUT2D eigenvalue weighted by molar-refractivity contribution is -0.332. The van der Waals surface area contributed by atoms with E-state index >= 15 is 8.78 Å². The lowest BCUT2D eigenvalue weighted by atomic mass is 9.85. The number of halogens is 2. The largest absolute Gasteiger partial charge is 0.384 e. The van der Waals surface area contributed by atoms with Crippen LogP contribution in [-0.2, 0) is 50.1 Å². The van der Waals surface area contributed by atoms with Crippen molar-refractivity contribution in [3.63, 3.8) is 0 Å². The zero-order valence-corrected chi connectivity index (χ0v) is 26.2. The molecule has 0 saturated carbocycles. The van der Waals surface area contributed by atoms with Gasteiger partial charge in [-0.15, -0.1) is 0 Å². The van der Waals surface area contributed by atoms with Gasteiger partial charge in [0.1, 0.15) is 30.0 Å². The number of benzene rings is 4. The molecule has 4 aromatic rings. The van der Waals surface area contributed by atoms with Crippen molar-refractivity contribution in [2.24, 2.45) is 0 Å². The van der Waals surface area contributed by atoms with E-state index < -0.39 is 42.0 Å². The highest BCUT2D eigenvalue weighted by molar-refractivity contribution is 5.17. The quantitative estimate of drug-likeness (QED) is 0.150. The van der Waals surface area contributed by atoms with Gasteiger partial charge in [-0.25, -0.2) is 8.78 Å². The lowest BCUT2D eigenvalue weighted by Crippen LogP contribution is -2.68. The molecule has 0 bridgehead atoms. The van der Waals surface area contributed by atoms with Crippen LogP contribution in [0.2, 0.25) is 0 Å². The Hall–Kier alpha value is -3.50. The zero-order valence-electron chi connectivity index (χ0n) is 26.2. The Bertz CT molecular complexity index is 1430. The van der Waals surface area contributed by atoms with Crippen molar-refractivity contribution < 1.29 is 37.6 Å². The maximum Gasteiger partial charge on any atom is 0.303 e. The molecule has 5 unspecified atom stereocenters. The SMILES string of the molecule is CC(C)(O)C(F)(F)C1OC(COCc2ccccc2)C(OCc2ccccc2)C(OCc2ccccc2)C1OCc1ccccc1. The van der Waals surface area contributed by atoms with E-state index in [9.17, 15) is 5.11 Å². The standard InChI is InChI=1S/C38H42F2O6/c1-37(2,41)38(39,40)36-35(45-26-31-21-13-6-14-22-31)34(44-25-30-19-11-5-12-20-30)33(43-24-29-17-9-4-10-18-29)32(46-36)27-42-23-28-15-7-3-8-16-28/h3-22,32-36,41H,23-27H2,1-2H3. The first-order valence-corrected chi connectivity index (χ1v) is 15.6. The second-order valence-corrected chi connectivity index (χ2v) is 12.1. The van der Waals surface area contributed by atoms with Crippen LogP contribution in [0.3, 0.4) is 0 Å². The molecule has 6 nitrogen and oxygen atoms in total. The monoisotopic (exact) mass is 632 g/mol. The fourth-order valence-electron chi connectivity index (χ4n) is 5.43. The Morgan fingerprint density at radius 1 is 0.565 bits per heavy atom. The number of rotatable bonds is 15. The first kappa shape index (κ1) is 33.9. The van der Waals surface area contributed by atoms with Gasteiger partial charge in [0.25, 0.3) is 0 Å². The maximum atomic E-state index is 16.3. The second-order valence-electron chi connectivity index (χ2n) is 12.1. The van der Waals surface area contributed by atoms with Crippen LogP contribution in [0.4, 0.5) is 8.78 Å². The molecule has 1 aliphatic rings. The molecule has 46 heavy (non-hydrogen) atoms. The van der Waals surface area contributed by atoms with Crippen LogP contribution in [-0.4, -0.2) is 53.8 Å². The zero-order chi connectivity index (χ0) is 32.4. The van der Waals surface area contributed by atoms with E-state index in [1.807, 2.05) is 121 Å². The molecule has 1 fully saturated rings. The van der Waals surface area contributed by atoms with Crippen molar-refractivity contribution in [1.82, 2.24) is 0 Å². The molecule has 1 saturated heterocycles. The topological polar surface area (TPSA) is 66.4 Å². The Morgan fingerprint density at radius 2 is 0.935 bits per heavy atom. The van der Waals surface area contributed by atoms with Crippen LogP contribution in [0.15, 0.2) is 121 Å². The first-order chi connectivity index (χ1) is 22.2. The van der Waals surface area contributed by atoms with Gasteiger partial charge in [-0.3, -0.25) is 0 Å². The van der Waals surface area contributed by atoms with Crippen LogP contribution >= 0.6 is 0 Å². The Labute approximate surface area is 269 Å². The fourth-order valence-corrected chi connectivity index (χ4v) is 5.43. The van der Waals surface area contributed by atoms with Crippen LogP contribution in [0.5, 0.6) is 0 Å². The highest BCUT2D eigenvalue weighted by Crippen LogP contribution is 2.42. The van der Waals surface area contributed by atoms with Gasteiger partial charge in [0, 0.05) is 0 Å². The number of alkyl halides is 2. The Morgan fingerprint density at radius 3 is 1.35 bits per heavy atom. The van der Waals surface area contributed by atoms with Gasteiger partial charge < -0.3 is 28.8 Å². The third-order valence-electron chi connectivity index (χ3n) is 8.06. The molecule has 244 valence electrons. The smallest absolute Gasteiger partial charge is 0.303 e. The summed E-state index contributed by atoms with van der Waals surface area (Å²) in [5, 5.41) is 10.7. The molecule has 0 spiro atoms. The highest BCUT2D eigenvalue weighted by atomic mass is 19.3. The van der Waals surface area contributed by atoms with E-state index in [0.717, 1.165) is 36.1 Å². The van der Waals surface area contributed by atoms with Crippen LogP contribution < -0.4 is 0 Å². The van der Waals surface area contributed by atoms with E-state index in [0.29, 0.717) is 0 Å². The minimum absolute atomic E-state index is 0.0269. The molecule has 5 atom stereocenters. The predicted molar refractivity (Wildman–Crippen MR) is 171 cm³/mol. The van der Waals surface area contributed by atoms with Crippen molar-refractivity contribution >= 4 is 0 Å². The molecule has 1 heterocycles. The summed E-state index contributed by atoms with van der Waals surface area (Å²) in [5.41, 5.74) is 1.06. The lowest BCUT2D eigenvalue weighted by Gasteiger charge is -2.49. The number of aliphatic hydroxyl groups is 1. The normalized spacial score (nSPS) is 22.1. The van der Waals surface area contributed by atoms with E-state index in [-0.39, 0.29) is 33.0 Å². The van der Waals surface area contributed by atoms with Gasteiger partial charge in [-0.2, -0.15) is 0 Å². The fraction of sp³-hybridized carbons (Fsp3) is 0.368.